The number of ether oxygens (including phenoxy) is 2. The minimum absolute atomic E-state index is 0.0750. The Morgan fingerprint density at radius 2 is 2.12 bits per heavy atom. The van der Waals surface area contributed by atoms with Crippen molar-refractivity contribution in [2.45, 2.75) is 24.2 Å². The van der Waals surface area contributed by atoms with Crippen LogP contribution in [-0.4, -0.2) is 35.2 Å². The van der Waals surface area contributed by atoms with E-state index in [0.717, 1.165) is 18.1 Å². The van der Waals surface area contributed by atoms with Gasteiger partial charge in [-0.25, -0.2) is 4.98 Å². The molecular formula is C18H21N3O2S. The van der Waals surface area contributed by atoms with E-state index in [9.17, 15) is 0 Å². The summed E-state index contributed by atoms with van der Waals surface area (Å²) in [6.45, 7) is -4.20. The molecule has 0 spiro atoms. The Bertz CT molecular complexity index is 1010. The van der Waals surface area contributed by atoms with Gasteiger partial charge in [0.25, 0.3) is 0 Å². The highest BCUT2D eigenvalue weighted by Crippen LogP contribution is 2.27. The number of nitrogens with zero attached hydrogens (tertiary/aromatic N) is 2. The van der Waals surface area contributed by atoms with E-state index in [0.29, 0.717) is 22.2 Å². The summed E-state index contributed by atoms with van der Waals surface area (Å²) >= 11 is 1.42. The van der Waals surface area contributed by atoms with Gasteiger partial charge in [-0.15, -0.1) is 0 Å². The number of thioether (sulfide) groups is 1. The van der Waals surface area contributed by atoms with Gasteiger partial charge in [0, 0.05) is 40.3 Å². The molecule has 2 aromatic heterocycles. The van der Waals surface area contributed by atoms with E-state index in [2.05, 4.69) is 19.7 Å². The van der Waals surface area contributed by atoms with Crippen LogP contribution in [0.5, 0.6) is 5.75 Å². The molecule has 0 bridgehead atoms. The Hall–Kier alpha value is -2.05. The number of methoxy groups -OCH3 is 1. The number of para-hydroxylation sites is 2. The normalized spacial score (nSPS) is 16.6. The molecule has 0 saturated carbocycles. The predicted molar refractivity (Wildman–Crippen MR) is 96.6 cm³/mol. The van der Waals surface area contributed by atoms with Gasteiger partial charge in [-0.05, 0) is 25.1 Å². The molecule has 0 unspecified atom stereocenters. The third kappa shape index (κ3) is 4.07. The number of benzene rings is 1. The lowest BCUT2D eigenvalue weighted by atomic mass is 10.2. The number of fused-ring (bicyclic) bond motifs is 1. The van der Waals surface area contributed by atoms with E-state index < -0.39 is 19.5 Å². The Morgan fingerprint density at radius 1 is 1.25 bits per heavy atom. The minimum atomic E-state index is -3.08. The Morgan fingerprint density at radius 3 is 2.96 bits per heavy atom. The zero-order chi connectivity index (χ0) is 22.2. The molecule has 0 atom stereocenters. The fourth-order valence-corrected chi connectivity index (χ4v) is 3.01. The van der Waals surface area contributed by atoms with Gasteiger partial charge in [-0.2, -0.15) is 0 Å². The second kappa shape index (κ2) is 8.17. The van der Waals surface area contributed by atoms with Crippen molar-refractivity contribution in [3.05, 3.63) is 47.8 Å². The van der Waals surface area contributed by atoms with E-state index in [1.165, 1.54) is 24.0 Å². The van der Waals surface area contributed by atoms with Gasteiger partial charge in [0.1, 0.15) is 5.75 Å². The molecular weight excluding hydrogens is 322 g/mol. The van der Waals surface area contributed by atoms with Crippen LogP contribution in [0.2, 0.25) is 0 Å². The smallest absolute Gasteiger partial charge is 0.166 e. The average Bonchev–Trinajstić information content (AvgIpc) is 3.11. The molecule has 1 N–H and O–H groups in total. The quantitative estimate of drug-likeness (QED) is 0.624. The molecule has 0 aliphatic carbocycles. The molecule has 0 radical (unpaired) electrons. The molecule has 126 valence electrons. The number of imidazole rings is 1. The monoisotopic (exact) mass is 349 g/mol. The van der Waals surface area contributed by atoms with Crippen LogP contribution in [-0.2, 0) is 10.5 Å². The fraction of sp³-hybridized carbons (Fsp3) is 0.333. The molecule has 0 amide bonds. The number of H-pyrrole nitrogens is 1. The third-order valence-electron chi connectivity index (χ3n) is 3.34. The molecule has 3 aromatic rings. The molecule has 0 aliphatic rings. The lowest BCUT2D eigenvalue weighted by Gasteiger charge is -2.11. The van der Waals surface area contributed by atoms with Crippen molar-refractivity contribution in [3.63, 3.8) is 0 Å². The Kier molecular flexibility index (Phi) is 3.66. The van der Waals surface area contributed by atoms with Crippen molar-refractivity contribution >= 4 is 22.8 Å². The molecule has 2 heterocycles. The number of nitrogens with one attached hydrogen (secondary N) is 1. The van der Waals surface area contributed by atoms with Crippen LogP contribution < -0.4 is 4.74 Å². The maximum Gasteiger partial charge on any atom is 0.166 e. The molecule has 5 nitrogen and oxygen atoms in total. The molecule has 0 aliphatic heterocycles. The first kappa shape index (κ1) is 10.7. The summed E-state index contributed by atoms with van der Waals surface area (Å²) in [5, 5.41) is 0.712. The maximum atomic E-state index is 8.00. The van der Waals surface area contributed by atoms with Gasteiger partial charge in [0.05, 0.1) is 28.8 Å². The number of hydrogen-bond donors (Lipinski definition) is 1. The summed E-state index contributed by atoms with van der Waals surface area (Å²) in [6.07, 6.45) is -1.64. The Balaban J connectivity index is 1.79. The summed E-state index contributed by atoms with van der Waals surface area (Å²) in [5.74, 6) is 0.503. The van der Waals surface area contributed by atoms with E-state index in [-0.39, 0.29) is 5.75 Å². The van der Waals surface area contributed by atoms with Crippen LogP contribution >= 0.6 is 11.8 Å². The molecule has 3 rings (SSSR count). The lowest BCUT2D eigenvalue weighted by molar-refractivity contribution is 0.172. The highest BCUT2D eigenvalue weighted by Gasteiger charge is 2.09. The third-order valence-corrected chi connectivity index (χ3v) is 4.22. The topological polar surface area (TPSA) is 60.0 Å². The first-order chi connectivity index (χ1) is 14.0. The molecule has 0 saturated heterocycles. The van der Waals surface area contributed by atoms with Gasteiger partial charge < -0.3 is 14.5 Å². The second-order valence-electron chi connectivity index (χ2n) is 4.86. The number of pyridine rings is 1. The van der Waals surface area contributed by atoms with Crippen molar-refractivity contribution < 1.29 is 17.7 Å². The summed E-state index contributed by atoms with van der Waals surface area (Å²) < 4.78 is 56.8. The zero-order valence-electron chi connectivity index (χ0n) is 19.3. The van der Waals surface area contributed by atoms with Gasteiger partial charge in [0.2, 0.25) is 0 Å². The number of aromatic amines is 1. The zero-order valence-corrected chi connectivity index (χ0v) is 14.1. The van der Waals surface area contributed by atoms with Crippen LogP contribution in [0.1, 0.15) is 25.9 Å². The van der Waals surface area contributed by atoms with Crippen molar-refractivity contribution in [2.75, 3.05) is 20.2 Å². The number of aromatic nitrogens is 3. The second-order valence-corrected chi connectivity index (χ2v) is 5.83. The van der Waals surface area contributed by atoms with Crippen LogP contribution in [0.3, 0.4) is 0 Å². The first-order valence-corrected chi connectivity index (χ1v) is 8.23. The summed E-state index contributed by atoms with van der Waals surface area (Å²) in [6, 6.07) is 9.07. The number of hydrogen-bond acceptors (Lipinski definition) is 5. The summed E-state index contributed by atoms with van der Waals surface area (Å²) in [7, 11) is 0.971. The average molecular weight is 349 g/mol. The summed E-state index contributed by atoms with van der Waals surface area (Å²) in [4.78, 5) is 12.0. The lowest BCUT2D eigenvalue weighted by Crippen LogP contribution is -2.04. The maximum absolute atomic E-state index is 8.00. The van der Waals surface area contributed by atoms with E-state index in [1.807, 2.05) is 24.3 Å². The molecule has 0 fully saturated rings. The highest BCUT2D eigenvalue weighted by atomic mass is 32.2. The van der Waals surface area contributed by atoms with Crippen molar-refractivity contribution in [1.82, 2.24) is 15.0 Å². The van der Waals surface area contributed by atoms with Gasteiger partial charge in [-0.3, -0.25) is 4.98 Å². The van der Waals surface area contributed by atoms with Gasteiger partial charge in [0.15, 0.2) is 5.16 Å². The van der Waals surface area contributed by atoms with E-state index in [4.69, 9.17) is 13.0 Å². The predicted octanol–water partition coefficient (Wildman–Crippen LogP) is 3.97. The van der Waals surface area contributed by atoms with Crippen LogP contribution in [0.25, 0.3) is 11.0 Å². The van der Waals surface area contributed by atoms with Gasteiger partial charge in [-0.1, -0.05) is 23.9 Å². The molecule has 24 heavy (non-hydrogen) atoms. The Labute approximate surface area is 154 Å². The summed E-state index contributed by atoms with van der Waals surface area (Å²) in [5.41, 5.74) is 2.91. The van der Waals surface area contributed by atoms with E-state index >= 15 is 0 Å². The van der Waals surface area contributed by atoms with Crippen LogP contribution in [0.15, 0.2) is 41.7 Å². The van der Waals surface area contributed by atoms with Crippen molar-refractivity contribution in [3.8, 4) is 5.75 Å². The molecule has 1 aromatic carbocycles. The largest absolute Gasteiger partial charge is 0.493 e. The number of rotatable bonds is 8. The standard InChI is InChI=1S/C18H21N3O2S/c1-13-16(19-9-8-17(13)23-11-5-10-22-2)12-24-18-20-14-6-3-4-7-15(14)21-18/h3-4,6-9H,5,10-12H2,1-2H3,(H,20,21)/i5D2,10D2,11D2. The van der Waals surface area contributed by atoms with Crippen LogP contribution in [0, 0.1) is 6.92 Å². The minimum Gasteiger partial charge on any atom is -0.493 e. The van der Waals surface area contributed by atoms with Crippen LogP contribution in [0.4, 0.5) is 0 Å². The van der Waals surface area contributed by atoms with Crippen molar-refractivity contribution in [1.29, 1.82) is 0 Å². The van der Waals surface area contributed by atoms with E-state index in [1.54, 1.807) is 6.92 Å². The first-order valence-electron chi connectivity index (χ1n) is 10.2. The molecule has 6 heteroatoms. The van der Waals surface area contributed by atoms with Crippen molar-refractivity contribution in [2.24, 2.45) is 0 Å². The van der Waals surface area contributed by atoms with Gasteiger partial charge >= 0.3 is 0 Å². The SMILES string of the molecule is [2H]C([2H])(OC)C([2H])([2H])C([2H])([2H])Oc1ccnc(CSc2nc3ccccc3[nH]2)c1C. The highest BCUT2D eigenvalue weighted by molar-refractivity contribution is 7.98. The fourth-order valence-electron chi connectivity index (χ4n) is 2.10.